The Morgan fingerprint density at radius 2 is 1.16 bits per heavy atom. The highest BCUT2D eigenvalue weighted by molar-refractivity contribution is 6.12. The normalized spacial score (nSPS) is 13.5. The number of rotatable bonds is 5. The smallest absolute Gasteiger partial charge is 0.137 e. The summed E-state index contributed by atoms with van der Waals surface area (Å²) in [5.74, 6) is 0. The molecule has 0 spiro atoms. The molecule has 0 saturated heterocycles. The molecule has 0 N–H and O–H groups in total. The molecule has 45 heavy (non-hydrogen) atoms. The van der Waals surface area contributed by atoms with E-state index in [1.165, 1.54) is 43.8 Å². The van der Waals surface area contributed by atoms with E-state index in [4.69, 9.17) is 4.42 Å². The number of hydrogen-bond donors (Lipinski definition) is 0. The minimum absolute atomic E-state index is 0.0401. The predicted octanol–water partition coefficient (Wildman–Crippen LogP) is 12.4. The summed E-state index contributed by atoms with van der Waals surface area (Å²) in [5, 5.41) is 7.51. The zero-order valence-corrected chi connectivity index (χ0v) is 25.5. The number of para-hydroxylation sites is 2. The summed E-state index contributed by atoms with van der Waals surface area (Å²) in [6, 6.07) is 50.8. The molecule has 0 radical (unpaired) electrons. The van der Waals surface area contributed by atoms with Crippen molar-refractivity contribution in [3.8, 4) is 11.1 Å². The quantitative estimate of drug-likeness (QED) is 0.189. The zero-order chi connectivity index (χ0) is 30.1. The molecule has 1 heterocycles. The first-order valence-corrected chi connectivity index (χ1v) is 16.1. The van der Waals surface area contributed by atoms with Gasteiger partial charge in [-0.15, -0.1) is 0 Å². The SMILES string of the molecule is CCC1(CC)c2ccccc2-c2ccc3c(ccc4cc(N(c5ccccc5)c5ccc6c(c5)oc5ccccc56)ccc43)c21. The van der Waals surface area contributed by atoms with Crippen LogP contribution in [-0.4, -0.2) is 0 Å². The topological polar surface area (TPSA) is 16.4 Å². The fourth-order valence-corrected chi connectivity index (χ4v) is 8.15. The number of benzene rings is 7. The second-order valence-electron chi connectivity index (χ2n) is 12.3. The first-order chi connectivity index (χ1) is 22.2. The molecule has 0 saturated carbocycles. The highest BCUT2D eigenvalue weighted by atomic mass is 16.3. The monoisotopic (exact) mass is 579 g/mol. The maximum atomic E-state index is 6.30. The van der Waals surface area contributed by atoms with E-state index in [-0.39, 0.29) is 5.41 Å². The van der Waals surface area contributed by atoms with Gasteiger partial charge in [0.1, 0.15) is 11.2 Å². The van der Waals surface area contributed by atoms with E-state index in [9.17, 15) is 0 Å². The molecule has 0 amide bonds. The Bertz CT molecular complexity index is 2410. The first-order valence-electron chi connectivity index (χ1n) is 16.1. The molecular weight excluding hydrogens is 546 g/mol. The van der Waals surface area contributed by atoms with Gasteiger partial charge in [0, 0.05) is 39.3 Å². The molecule has 2 nitrogen and oxygen atoms in total. The van der Waals surface area contributed by atoms with Gasteiger partial charge in [-0.05, 0) is 99.1 Å². The largest absolute Gasteiger partial charge is 0.456 e. The molecule has 1 aliphatic carbocycles. The second-order valence-corrected chi connectivity index (χ2v) is 12.3. The molecule has 216 valence electrons. The van der Waals surface area contributed by atoms with E-state index in [1.807, 2.05) is 12.1 Å². The lowest BCUT2D eigenvalue weighted by Crippen LogP contribution is -2.23. The Labute approximate surface area is 263 Å². The molecule has 7 aromatic carbocycles. The van der Waals surface area contributed by atoms with Gasteiger partial charge in [-0.1, -0.05) is 105 Å². The van der Waals surface area contributed by atoms with Crippen LogP contribution in [0.5, 0.6) is 0 Å². The Morgan fingerprint density at radius 3 is 2.00 bits per heavy atom. The van der Waals surface area contributed by atoms with E-state index >= 15 is 0 Å². The van der Waals surface area contributed by atoms with Crippen molar-refractivity contribution < 1.29 is 4.42 Å². The van der Waals surface area contributed by atoms with Crippen LogP contribution in [0, 0.1) is 0 Å². The number of hydrogen-bond acceptors (Lipinski definition) is 2. The van der Waals surface area contributed by atoms with Crippen molar-refractivity contribution in [1.82, 2.24) is 0 Å². The molecule has 0 aliphatic heterocycles. The summed E-state index contributed by atoms with van der Waals surface area (Å²) in [5.41, 5.74) is 10.9. The highest BCUT2D eigenvalue weighted by Gasteiger charge is 2.41. The fraction of sp³-hybridized carbons (Fsp3) is 0.116. The van der Waals surface area contributed by atoms with Crippen LogP contribution in [0.3, 0.4) is 0 Å². The number of fused-ring (bicyclic) bond motifs is 10. The van der Waals surface area contributed by atoms with Gasteiger partial charge < -0.3 is 9.32 Å². The summed E-state index contributed by atoms with van der Waals surface area (Å²) in [4.78, 5) is 2.33. The van der Waals surface area contributed by atoms with Gasteiger partial charge in [0.05, 0.1) is 0 Å². The van der Waals surface area contributed by atoms with Crippen molar-refractivity contribution in [2.24, 2.45) is 0 Å². The third kappa shape index (κ3) is 3.69. The lowest BCUT2D eigenvalue weighted by molar-refractivity contribution is 0.494. The van der Waals surface area contributed by atoms with E-state index < -0.39 is 0 Å². The summed E-state index contributed by atoms with van der Waals surface area (Å²) in [6.45, 7) is 4.70. The molecular formula is C43H33NO. The molecule has 0 fully saturated rings. The lowest BCUT2D eigenvalue weighted by atomic mass is 9.72. The van der Waals surface area contributed by atoms with Gasteiger partial charge in [0.15, 0.2) is 0 Å². The van der Waals surface area contributed by atoms with Crippen molar-refractivity contribution in [1.29, 1.82) is 0 Å². The lowest BCUT2D eigenvalue weighted by Gasteiger charge is -2.31. The van der Waals surface area contributed by atoms with Crippen LogP contribution < -0.4 is 4.90 Å². The Balaban J connectivity index is 1.23. The molecule has 9 rings (SSSR count). The van der Waals surface area contributed by atoms with Crippen molar-refractivity contribution in [2.45, 2.75) is 32.1 Å². The molecule has 1 aromatic heterocycles. The predicted molar refractivity (Wildman–Crippen MR) is 190 cm³/mol. The summed E-state index contributed by atoms with van der Waals surface area (Å²) in [6.07, 6.45) is 2.18. The standard InChI is InChI=1S/C43H33NO/c1-3-43(4-2)39-16-10-8-14-34(39)38-25-24-33-32-22-19-30(26-28(32)18-21-37(33)42(38)43)44(29-12-6-5-7-13-29)31-20-23-36-35-15-9-11-17-40(35)45-41(36)27-31/h5-27H,3-4H2,1-2H3. The average Bonchev–Trinajstić information content (AvgIpc) is 3.62. The molecule has 8 aromatic rings. The third-order valence-corrected chi connectivity index (χ3v) is 10.3. The molecule has 0 unspecified atom stereocenters. The summed E-state index contributed by atoms with van der Waals surface area (Å²) < 4.78 is 6.30. The highest BCUT2D eigenvalue weighted by Crippen LogP contribution is 2.55. The number of nitrogens with zero attached hydrogens (tertiary/aromatic N) is 1. The third-order valence-electron chi connectivity index (χ3n) is 10.3. The van der Waals surface area contributed by atoms with Crippen molar-refractivity contribution >= 4 is 60.5 Å². The molecule has 2 heteroatoms. The number of anilines is 3. The maximum Gasteiger partial charge on any atom is 0.137 e. The van der Waals surface area contributed by atoms with E-state index in [1.54, 1.807) is 0 Å². The van der Waals surface area contributed by atoms with Gasteiger partial charge in [-0.2, -0.15) is 0 Å². The van der Waals surface area contributed by atoms with Crippen LogP contribution in [0.2, 0.25) is 0 Å². The van der Waals surface area contributed by atoms with Crippen molar-refractivity contribution in [3.63, 3.8) is 0 Å². The van der Waals surface area contributed by atoms with Crippen LogP contribution in [0.4, 0.5) is 17.1 Å². The average molecular weight is 580 g/mol. The van der Waals surface area contributed by atoms with Crippen LogP contribution in [0.15, 0.2) is 144 Å². The van der Waals surface area contributed by atoms with Crippen LogP contribution in [0.25, 0.3) is 54.6 Å². The summed E-state index contributed by atoms with van der Waals surface area (Å²) in [7, 11) is 0. The Morgan fingerprint density at radius 1 is 0.489 bits per heavy atom. The van der Waals surface area contributed by atoms with Crippen molar-refractivity contribution in [2.75, 3.05) is 4.90 Å². The number of furan rings is 1. The minimum Gasteiger partial charge on any atom is -0.456 e. The summed E-state index contributed by atoms with van der Waals surface area (Å²) >= 11 is 0. The second kappa shape index (κ2) is 9.84. The van der Waals surface area contributed by atoms with E-state index in [0.717, 1.165) is 51.8 Å². The van der Waals surface area contributed by atoms with Crippen LogP contribution >= 0.6 is 0 Å². The minimum atomic E-state index is 0.0401. The van der Waals surface area contributed by atoms with E-state index in [2.05, 4.69) is 146 Å². The van der Waals surface area contributed by atoms with Gasteiger partial charge in [0.25, 0.3) is 0 Å². The van der Waals surface area contributed by atoms with Crippen LogP contribution in [0.1, 0.15) is 37.8 Å². The van der Waals surface area contributed by atoms with Crippen molar-refractivity contribution in [3.05, 3.63) is 151 Å². The van der Waals surface area contributed by atoms with Gasteiger partial charge in [-0.25, -0.2) is 0 Å². The first kappa shape index (κ1) is 26.1. The zero-order valence-electron chi connectivity index (χ0n) is 25.5. The maximum absolute atomic E-state index is 6.30. The van der Waals surface area contributed by atoms with Gasteiger partial charge in [-0.3, -0.25) is 0 Å². The Kier molecular flexibility index (Phi) is 5.70. The Hall–Kier alpha value is -5.34. The van der Waals surface area contributed by atoms with E-state index in [0.29, 0.717) is 0 Å². The van der Waals surface area contributed by atoms with Gasteiger partial charge >= 0.3 is 0 Å². The van der Waals surface area contributed by atoms with Gasteiger partial charge in [0.2, 0.25) is 0 Å². The molecule has 0 atom stereocenters. The fourth-order valence-electron chi connectivity index (χ4n) is 8.15. The molecule has 1 aliphatic rings. The molecule has 0 bridgehead atoms. The van der Waals surface area contributed by atoms with Crippen LogP contribution in [-0.2, 0) is 5.41 Å².